The summed E-state index contributed by atoms with van der Waals surface area (Å²) in [5.41, 5.74) is 4.76. The van der Waals surface area contributed by atoms with Gasteiger partial charge in [-0.2, -0.15) is 0 Å². The van der Waals surface area contributed by atoms with E-state index >= 15 is 0 Å². The number of nitrogens with zero attached hydrogens (tertiary/aromatic N) is 3. The average Bonchev–Trinajstić information content (AvgIpc) is 2.58. The predicted molar refractivity (Wildman–Crippen MR) is 52.7 cm³/mol. The first-order valence-electron chi connectivity index (χ1n) is 4.08. The fraction of sp³-hybridized carbons (Fsp3) is 0.571. The number of hydrogen-bond donors (Lipinski definition) is 1. The fourth-order valence-electron chi connectivity index (χ4n) is 1.05. The van der Waals surface area contributed by atoms with Crippen molar-refractivity contribution in [1.82, 2.24) is 15.0 Å². The molecule has 1 aromatic heterocycles. The summed E-state index contributed by atoms with van der Waals surface area (Å²) in [5, 5.41) is 7.04. The van der Waals surface area contributed by atoms with Gasteiger partial charge in [-0.05, 0) is 0 Å². The Hall–Kier alpha value is -1.15. The molecule has 0 saturated carbocycles. The van der Waals surface area contributed by atoms with Crippen LogP contribution < -0.4 is 5.73 Å². The Morgan fingerprint density at radius 1 is 1.67 bits per heavy atom. The number of halogens is 2. The van der Waals surface area contributed by atoms with Gasteiger partial charge in [0.2, 0.25) is 0 Å². The van der Waals surface area contributed by atoms with Crippen LogP contribution in [0, 0.1) is 0 Å². The van der Waals surface area contributed by atoms with Crippen molar-refractivity contribution in [3.63, 3.8) is 0 Å². The summed E-state index contributed by atoms with van der Waals surface area (Å²) in [4.78, 5) is -0.186. The number of methoxy groups -OCH3 is 1. The maximum absolute atomic E-state index is 12.7. The standard InChI is InChI=1S/C7H10F2N4OS/c1-14-3-2-13-5(6(8)9)4(7(10)15)11-12-13/h6H,2-3H2,1H3,(H2,10,15). The number of thiocarbonyl (C=S) groups is 1. The quantitative estimate of drug-likeness (QED) is 0.754. The molecule has 0 aliphatic heterocycles. The number of alkyl halides is 2. The highest BCUT2D eigenvalue weighted by Gasteiger charge is 2.22. The number of nitrogens with two attached hydrogens (primary N) is 1. The molecule has 0 fully saturated rings. The van der Waals surface area contributed by atoms with E-state index in [9.17, 15) is 8.78 Å². The van der Waals surface area contributed by atoms with Crippen molar-refractivity contribution in [2.75, 3.05) is 13.7 Å². The van der Waals surface area contributed by atoms with Gasteiger partial charge in [-0.3, -0.25) is 0 Å². The summed E-state index contributed by atoms with van der Waals surface area (Å²) in [6, 6.07) is 0. The smallest absolute Gasteiger partial charge is 0.282 e. The van der Waals surface area contributed by atoms with Crippen LogP contribution in [0.1, 0.15) is 17.8 Å². The van der Waals surface area contributed by atoms with Crippen molar-refractivity contribution < 1.29 is 13.5 Å². The van der Waals surface area contributed by atoms with E-state index in [0.29, 0.717) is 0 Å². The topological polar surface area (TPSA) is 66.0 Å². The summed E-state index contributed by atoms with van der Waals surface area (Å²) in [7, 11) is 1.47. The number of hydrogen-bond acceptors (Lipinski definition) is 4. The minimum absolute atomic E-state index is 0.129. The van der Waals surface area contributed by atoms with Crippen molar-refractivity contribution in [2.45, 2.75) is 13.0 Å². The summed E-state index contributed by atoms with van der Waals surface area (Å²) in [6.45, 7) is 0.450. The predicted octanol–water partition coefficient (Wildman–Crippen LogP) is 0.496. The molecular weight excluding hydrogens is 226 g/mol. The molecule has 5 nitrogen and oxygen atoms in total. The first-order chi connectivity index (χ1) is 7.07. The normalized spacial score (nSPS) is 10.9. The lowest BCUT2D eigenvalue weighted by molar-refractivity contribution is 0.131. The van der Waals surface area contributed by atoms with Gasteiger partial charge in [-0.15, -0.1) is 5.10 Å². The maximum atomic E-state index is 12.7. The molecule has 0 atom stereocenters. The second-order valence-corrected chi connectivity index (χ2v) is 3.14. The van der Waals surface area contributed by atoms with Gasteiger partial charge in [0, 0.05) is 7.11 Å². The van der Waals surface area contributed by atoms with Gasteiger partial charge >= 0.3 is 0 Å². The van der Waals surface area contributed by atoms with Crippen molar-refractivity contribution >= 4 is 17.2 Å². The van der Waals surface area contributed by atoms with Gasteiger partial charge < -0.3 is 10.5 Å². The molecule has 8 heteroatoms. The molecule has 15 heavy (non-hydrogen) atoms. The largest absolute Gasteiger partial charge is 0.388 e. The second kappa shape index (κ2) is 5.08. The highest BCUT2D eigenvalue weighted by molar-refractivity contribution is 7.80. The molecule has 1 aromatic rings. The second-order valence-electron chi connectivity index (χ2n) is 2.70. The molecule has 1 heterocycles. The average molecular weight is 236 g/mol. The number of ether oxygens (including phenoxy) is 1. The first-order valence-corrected chi connectivity index (χ1v) is 4.49. The van der Waals surface area contributed by atoms with Crippen LogP contribution in [0.15, 0.2) is 0 Å². The Bertz CT molecular complexity index is 355. The molecule has 0 aliphatic rings. The van der Waals surface area contributed by atoms with Crippen molar-refractivity contribution in [2.24, 2.45) is 5.73 Å². The summed E-state index contributed by atoms with van der Waals surface area (Å²) < 4.78 is 31.1. The zero-order valence-electron chi connectivity index (χ0n) is 7.98. The molecule has 0 radical (unpaired) electrons. The molecule has 0 bridgehead atoms. The molecule has 0 aromatic carbocycles. The van der Waals surface area contributed by atoms with E-state index in [-0.39, 0.29) is 29.5 Å². The van der Waals surface area contributed by atoms with Crippen LogP contribution in [0.3, 0.4) is 0 Å². The maximum Gasteiger partial charge on any atom is 0.282 e. The minimum atomic E-state index is -2.71. The SMILES string of the molecule is COCCn1nnc(C(N)=S)c1C(F)F. The molecule has 84 valence electrons. The van der Waals surface area contributed by atoms with E-state index in [1.54, 1.807) is 0 Å². The Labute approximate surface area is 90.2 Å². The van der Waals surface area contributed by atoms with E-state index in [1.165, 1.54) is 7.11 Å². The van der Waals surface area contributed by atoms with E-state index in [1.807, 2.05) is 0 Å². The van der Waals surface area contributed by atoms with Crippen LogP contribution in [0.2, 0.25) is 0 Å². The van der Waals surface area contributed by atoms with Gasteiger partial charge in [0.05, 0.1) is 13.2 Å². The Kier molecular flexibility index (Phi) is 4.04. The van der Waals surface area contributed by atoms with E-state index < -0.39 is 6.43 Å². The van der Waals surface area contributed by atoms with E-state index in [2.05, 4.69) is 22.5 Å². The Balaban J connectivity index is 3.01. The van der Waals surface area contributed by atoms with Crippen LogP contribution in [-0.2, 0) is 11.3 Å². The molecule has 0 saturated heterocycles. The van der Waals surface area contributed by atoms with Crippen LogP contribution in [0.25, 0.3) is 0 Å². The zero-order valence-corrected chi connectivity index (χ0v) is 8.80. The third kappa shape index (κ3) is 2.66. The Morgan fingerprint density at radius 2 is 2.33 bits per heavy atom. The first kappa shape index (κ1) is 11.9. The number of aromatic nitrogens is 3. The molecule has 0 amide bonds. The third-order valence-corrected chi connectivity index (χ3v) is 1.91. The lowest BCUT2D eigenvalue weighted by atomic mass is 10.3. The lowest BCUT2D eigenvalue weighted by Crippen LogP contribution is -2.15. The third-order valence-electron chi connectivity index (χ3n) is 1.72. The van der Waals surface area contributed by atoms with Crippen molar-refractivity contribution in [3.05, 3.63) is 11.4 Å². The highest BCUT2D eigenvalue weighted by atomic mass is 32.1. The van der Waals surface area contributed by atoms with Crippen LogP contribution in [0.5, 0.6) is 0 Å². The zero-order chi connectivity index (χ0) is 11.4. The van der Waals surface area contributed by atoms with Gasteiger partial charge in [-0.1, -0.05) is 17.4 Å². The molecule has 2 N–H and O–H groups in total. The van der Waals surface area contributed by atoms with E-state index in [4.69, 9.17) is 10.5 Å². The van der Waals surface area contributed by atoms with Crippen molar-refractivity contribution in [1.29, 1.82) is 0 Å². The summed E-state index contributed by atoms with van der Waals surface area (Å²) in [5.74, 6) is 0. The fourth-order valence-corrected chi connectivity index (χ4v) is 1.20. The van der Waals surface area contributed by atoms with Crippen LogP contribution in [-0.4, -0.2) is 33.7 Å². The van der Waals surface area contributed by atoms with E-state index in [0.717, 1.165) is 4.68 Å². The minimum Gasteiger partial charge on any atom is -0.388 e. The van der Waals surface area contributed by atoms with Crippen molar-refractivity contribution in [3.8, 4) is 0 Å². The lowest BCUT2D eigenvalue weighted by Gasteiger charge is -2.05. The number of rotatable bonds is 5. The van der Waals surface area contributed by atoms with Gasteiger partial charge in [0.15, 0.2) is 0 Å². The van der Waals surface area contributed by atoms with Crippen LogP contribution in [0.4, 0.5) is 8.78 Å². The summed E-state index contributed by atoms with van der Waals surface area (Å²) >= 11 is 4.59. The Morgan fingerprint density at radius 3 is 2.80 bits per heavy atom. The molecule has 1 rings (SSSR count). The monoisotopic (exact) mass is 236 g/mol. The van der Waals surface area contributed by atoms with Gasteiger partial charge in [0.25, 0.3) is 6.43 Å². The summed E-state index contributed by atoms with van der Waals surface area (Å²) in [6.07, 6.45) is -2.71. The molecule has 0 aliphatic carbocycles. The van der Waals surface area contributed by atoms with Gasteiger partial charge in [-0.25, -0.2) is 13.5 Å². The molecule has 0 spiro atoms. The molecule has 0 unspecified atom stereocenters. The van der Waals surface area contributed by atoms with Crippen LogP contribution >= 0.6 is 12.2 Å². The van der Waals surface area contributed by atoms with Gasteiger partial charge in [0.1, 0.15) is 16.4 Å². The molecular formula is C7H10F2N4OS. The highest BCUT2D eigenvalue weighted by Crippen LogP contribution is 2.21.